The zero-order chi connectivity index (χ0) is 15.8. The molecule has 116 valence electrons. The summed E-state index contributed by atoms with van der Waals surface area (Å²) in [6.07, 6.45) is 2.55. The lowest BCUT2D eigenvalue weighted by Crippen LogP contribution is -2.42. The van der Waals surface area contributed by atoms with E-state index in [0.717, 1.165) is 19.3 Å². The molecule has 1 saturated heterocycles. The van der Waals surface area contributed by atoms with Crippen molar-refractivity contribution in [1.29, 1.82) is 0 Å². The van der Waals surface area contributed by atoms with Gasteiger partial charge in [-0.3, -0.25) is 4.79 Å². The third-order valence-corrected chi connectivity index (χ3v) is 4.92. The van der Waals surface area contributed by atoms with E-state index >= 15 is 0 Å². The van der Waals surface area contributed by atoms with Crippen molar-refractivity contribution in [2.24, 2.45) is 0 Å². The van der Waals surface area contributed by atoms with Crippen LogP contribution >= 0.6 is 10.7 Å². The van der Waals surface area contributed by atoms with Crippen molar-refractivity contribution in [3.8, 4) is 0 Å². The molecule has 0 saturated carbocycles. The van der Waals surface area contributed by atoms with E-state index in [4.69, 9.17) is 10.7 Å². The van der Waals surface area contributed by atoms with Gasteiger partial charge in [0, 0.05) is 29.3 Å². The average Bonchev–Trinajstić information content (AvgIpc) is 2.37. The highest BCUT2D eigenvalue weighted by Gasteiger charge is 2.29. The van der Waals surface area contributed by atoms with Crippen LogP contribution in [0.15, 0.2) is 17.0 Å². The van der Waals surface area contributed by atoms with Gasteiger partial charge in [0.15, 0.2) is 0 Å². The van der Waals surface area contributed by atoms with Gasteiger partial charge in [-0.1, -0.05) is 0 Å². The maximum absolute atomic E-state index is 13.8. The number of likely N-dealkylation sites (tertiary alicyclic amines) is 1. The summed E-state index contributed by atoms with van der Waals surface area (Å²) in [6, 6.07) is 0.958. The zero-order valence-corrected chi connectivity index (χ0v) is 12.8. The van der Waals surface area contributed by atoms with E-state index in [0.29, 0.717) is 18.7 Å². The first-order valence-electron chi connectivity index (χ1n) is 6.46. The summed E-state index contributed by atoms with van der Waals surface area (Å²) < 4.78 is 49.8. The maximum atomic E-state index is 13.8. The second-order valence-electron chi connectivity index (χ2n) is 5.04. The Morgan fingerprint density at radius 1 is 1.29 bits per heavy atom. The zero-order valence-electron chi connectivity index (χ0n) is 11.3. The van der Waals surface area contributed by atoms with Gasteiger partial charge in [-0.25, -0.2) is 17.2 Å². The topological polar surface area (TPSA) is 54.5 Å². The van der Waals surface area contributed by atoms with E-state index in [1.165, 1.54) is 4.90 Å². The lowest BCUT2D eigenvalue weighted by atomic mass is 10.0. The summed E-state index contributed by atoms with van der Waals surface area (Å²) >= 11 is 0. The fraction of sp³-hybridized carbons (Fsp3) is 0.462. The fourth-order valence-electron chi connectivity index (χ4n) is 2.43. The number of piperidine rings is 1. The molecular formula is C13H14ClF2NO3S. The van der Waals surface area contributed by atoms with E-state index in [2.05, 4.69) is 0 Å². The summed E-state index contributed by atoms with van der Waals surface area (Å²) in [5, 5.41) is 0. The highest BCUT2D eigenvalue weighted by molar-refractivity contribution is 8.13. The van der Waals surface area contributed by atoms with E-state index in [1.54, 1.807) is 0 Å². The summed E-state index contributed by atoms with van der Waals surface area (Å²) in [5.74, 6) is -3.06. The van der Waals surface area contributed by atoms with Crippen molar-refractivity contribution < 1.29 is 22.0 Å². The number of nitrogens with zero attached hydrogens (tertiary/aromatic N) is 1. The number of amides is 1. The van der Waals surface area contributed by atoms with E-state index in [9.17, 15) is 22.0 Å². The molecule has 1 atom stereocenters. The second kappa shape index (κ2) is 5.88. The Morgan fingerprint density at radius 2 is 1.95 bits per heavy atom. The Labute approximate surface area is 126 Å². The molecule has 4 nitrogen and oxygen atoms in total. The lowest BCUT2D eigenvalue weighted by molar-refractivity contribution is 0.0630. The predicted molar refractivity (Wildman–Crippen MR) is 73.7 cm³/mol. The van der Waals surface area contributed by atoms with Crippen LogP contribution in [-0.2, 0) is 9.05 Å². The van der Waals surface area contributed by atoms with Gasteiger partial charge in [0.1, 0.15) is 16.5 Å². The quantitative estimate of drug-likeness (QED) is 0.780. The minimum absolute atomic E-state index is 0.0771. The molecule has 0 aromatic heterocycles. The Balaban J connectivity index is 2.46. The van der Waals surface area contributed by atoms with Gasteiger partial charge in [0.05, 0.1) is 5.56 Å². The van der Waals surface area contributed by atoms with Crippen molar-refractivity contribution in [2.45, 2.75) is 37.1 Å². The summed E-state index contributed by atoms with van der Waals surface area (Å²) in [6.45, 7) is 2.29. The van der Waals surface area contributed by atoms with Gasteiger partial charge >= 0.3 is 0 Å². The number of carbonyl (C=O) groups excluding carboxylic acids is 1. The predicted octanol–water partition coefficient (Wildman–Crippen LogP) is 2.91. The van der Waals surface area contributed by atoms with Gasteiger partial charge in [-0.2, -0.15) is 0 Å². The van der Waals surface area contributed by atoms with Gasteiger partial charge in [0.25, 0.3) is 15.0 Å². The molecule has 1 heterocycles. The van der Waals surface area contributed by atoms with Crippen LogP contribution in [0.4, 0.5) is 8.78 Å². The standard InChI is InChI=1S/C13H14ClF2NO3S/c1-8-4-2-3-5-17(8)13(18)9-6-12(21(14,19)20)11(16)7-10(9)15/h6-8H,2-5H2,1H3. The highest BCUT2D eigenvalue weighted by atomic mass is 35.7. The van der Waals surface area contributed by atoms with Crippen LogP contribution in [-0.4, -0.2) is 31.8 Å². The Hall–Kier alpha value is -1.21. The molecule has 1 aromatic rings. The molecule has 1 aliphatic rings. The van der Waals surface area contributed by atoms with E-state index in [-0.39, 0.29) is 6.04 Å². The normalized spacial score (nSPS) is 19.6. The molecule has 2 rings (SSSR count). The molecule has 0 spiro atoms. The molecule has 0 N–H and O–H groups in total. The van der Waals surface area contributed by atoms with Gasteiger partial charge in [-0.15, -0.1) is 0 Å². The van der Waals surface area contributed by atoms with Crippen LogP contribution in [0.25, 0.3) is 0 Å². The number of hydrogen-bond acceptors (Lipinski definition) is 3. The van der Waals surface area contributed by atoms with Crippen molar-refractivity contribution in [1.82, 2.24) is 4.90 Å². The third kappa shape index (κ3) is 3.35. The first-order chi connectivity index (χ1) is 9.71. The molecule has 21 heavy (non-hydrogen) atoms. The highest BCUT2D eigenvalue weighted by Crippen LogP contribution is 2.25. The van der Waals surface area contributed by atoms with Crippen LogP contribution in [0.1, 0.15) is 36.5 Å². The molecule has 1 unspecified atom stereocenters. The van der Waals surface area contributed by atoms with E-state index < -0.39 is 37.1 Å². The summed E-state index contributed by atoms with van der Waals surface area (Å²) in [4.78, 5) is 12.9. The molecule has 0 radical (unpaired) electrons. The van der Waals surface area contributed by atoms with Crippen LogP contribution in [0.5, 0.6) is 0 Å². The molecule has 1 amide bonds. The number of rotatable bonds is 2. The molecule has 1 fully saturated rings. The molecule has 0 bridgehead atoms. The lowest BCUT2D eigenvalue weighted by Gasteiger charge is -2.33. The first-order valence-corrected chi connectivity index (χ1v) is 8.77. The minimum atomic E-state index is -4.39. The molecule has 1 aliphatic heterocycles. The maximum Gasteiger partial charge on any atom is 0.264 e. The monoisotopic (exact) mass is 337 g/mol. The SMILES string of the molecule is CC1CCCCN1C(=O)c1cc(S(=O)(=O)Cl)c(F)cc1F. The van der Waals surface area contributed by atoms with Crippen LogP contribution in [0.2, 0.25) is 0 Å². The van der Waals surface area contributed by atoms with Crippen LogP contribution in [0.3, 0.4) is 0 Å². The molecule has 0 aliphatic carbocycles. The first kappa shape index (κ1) is 16.2. The van der Waals surface area contributed by atoms with Crippen molar-refractivity contribution >= 4 is 25.6 Å². The third-order valence-electron chi connectivity index (χ3n) is 3.58. The number of carbonyl (C=O) groups is 1. The second-order valence-corrected chi connectivity index (χ2v) is 7.58. The van der Waals surface area contributed by atoms with E-state index in [1.807, 2.05) is 6.92 Å². The molecule has 1 aromatic carbocycles. The smallest absolute Gasteiger partial charge is 0.264 e. The number of benzene rings is 1. The van der Waals surface area contributed by atoms with Crippen LogP contribution in [0, 0.1) is 11.6 Å². The fourth-order valence-corrected chi connectivity index (χ4v) is 3.34. The number of halogens is 3. The Morgan fingerprint density at radius 3 is 2.52 bits per heavy atom. The van der Waals surface area contributed by atoms with Crippen molar-refractivity contribution in [3.63, 3.8) is 0 Å². The van der Waals surface area contributed by atoms with Gasteiger partial charge in [-0.05, 0) is 32.3 Å². The van der Waals surface area contributed by atoms with Gasteiger partial charge in [0.2, 0.25) is 0 Å². The van der Waals surface area contributed by atoms with Crippen LogP contribution < -0.4 is 0 Å². The Kier molecular flexibility index (Phi) is 4.53. The van der Waals surface area contributed by atoms with Crippen molar-refractivity contribution in [3.05, 3.63) is 29.3 Å². The largest absolute Gasteiger partial charge is 0.336 e. The average molecular weight is 338 g/mol. The molecule has 8 heteroatoms. The summed E-state index contributed by atoms with van der Waals surface area (Å²) in [7, 11) is 0.701. The van der Waals surface area contributed by atoms with Crippen molar-refractivity contribution in [2.75, 3.05) is 6.54 Å². The minimum Gasteiger partial charge on any atom is -0.336 e. The Bertz CT molecular complexity index is 678. The number of hydrogen-bond donors (Lipinski definition) is 0. The molecular weight excluding hydrogens is 324 g/mol. The van der Waals surface area contributed by atoms with Gasteiger partial charge < -0.3 is 4.90 Å². The summed E-state index contributed by atoms with van der Waals surface area (Å²) in [5.41, 5.74) is -0.482.